The fourth-order valence-corrected chi connectivity index (χ4v) is 2.25. The van der Waals surface area contributed by atoms with Gasteiger partial charge in [-0.25, -0.2) is 4.98 Å². The number of aliphatic hydroxyl groups is 1. The molecule has 1 aliphatic carbocycles. The minimum absolute atomic E-state index is 0.0986. The predicted molar refractivity (Wildman–Crippen MR) is 63.8 cm³/mol. The lowest BCUT2D eigenvalue weighted by Gasteiger charge is -2.26. The van der Waals surface area contributed by atoms with Gasteiger partial charge in [0.1, 0.15) is 5.82 Å². The molecule has 1 aromatic rings. The van der Waals surface area contributed by atoms with E-state index in [0.717, 1.165) is 36.0 Å². The van der Waals surface area contributed by atoms with Crippen LogP contribution in [-0.2, 0) is 0 Å². The molecular weight excluding hydrogens is 256 g/mol. The second kappa shape index (κ2) is 4.94. The molecule has 15 heavy (non-hydrogen) atoms. The number of aromatic nitrogens is 1. The Hall–Kier alpha value is -0.610. The summed E-state index contributed by atoms with van der Waals surface area (Å²) in [4.78, 5) is 4.25. The number of anilines is 1. The van der Waals surface area contributed by atoms with Crippen LogP contribution < -0.4 is 5.32 Å². The Bertz CT molecular complexity index is 324. The van der Waals surface area contributed by atoms with Crippen molar-refractivity contribution in [3.05, 3.63) is 22.8 Å². The molecule has 1 fully saturated rings. The summed E-state index contributed by atoms with van der Waals surface area (Å²) in [6.07, 6.45) is 5.52. The molecule has 4 heteroatoms. The Balaban J connectivity index is 1.92. The number of rotatable bonds is 2. The van der Waals surface area contributed by atoms with Gasteiger partial charge in [-0.15, -0.1) is 0 Å². The summed E-state index contributed by atoms with van der Waals surface area (Å²) >= 11 is 3.42. The number of hydrogen-bond acceptors (Lipinski definition) is 3. The van der Waals surface area contributed by atoms with Gasteiger partial charge in [0.2, 0.25) is 0 Å². The molecule has 0 radical (unpaired) electrons. The minimum atomic E-state index is -0.0986. The molecule has 1 aromatic heterocycles. The van der Waals surface area contributed by atoms with Crippen LogP contribution >= 0.6 is 15.9 Å². The van der Waals surface area contributed by atoms with Crippen LogP contribution in [-0.4, -0.2) is 22.2 Å². The molecule has 0 atom stereocenters. The van der Waals surface area contributed by atoms with Gasteiger partial charge in [-0.2, -0.15) is 0 Å². The lowest BCUT2D eigenvalue weighted by Crippen LogP contribution is -2.28. The van der Waals surface area contributed by atoms with E-state index in [4.69, 9.17) is 0 Å². The summed E-state index contributed by atoms with van der Waals surface area (Å²) in [6, 6.07) is 4.34. The van der Waals surface area contributed by atoms with Crippen LogP contribution in [0.2, 0.25) is 0 Å². The zero-order valence-corrected chi connectivity index (χ0v) is 10.1. The summed E-state index contributed by atoms with van der Waals surface area (Å²) in [7, 11) is 0. The second-order valence-corrected chi connectivity index (χ2v) is 4.92. The quantitative estimate of drug-likeness (QED) is 0.869. The van der Waals surface area contributed by atoms with Gasteiger partial charge in [-0.1, -0.05) is 15.9 Å². The predicted octanol–water partition coefficient (Wildman–Crippen LogP) is 2.56. The molecule has 0 bridgehead atoms. The normalized spacial score (nSPS) is 26.3. The summed E-state index contributed by atoms with van der Waals surface area (Å²) < 4.78 is 1.04. The molecule has 1 aliphatic rings. The van der Waals surface area contributed by atoms with Crippen LogP contribution in [0.5, 0.6) is 0 Å². The number of aliphatic hydroxyl groups excluding tert-OH is 1. The molecule has 1 heterocycles. The van der Waals surface area contributed by atoms with Gasteiger partial charge in [-0.3, -0.25) is 0 Å². The summed E-state index contributed by atoms with van der Waals surface area (Å²) in [6.45, 7) is 0. The van der Waals surface area contributed by atoms with Gasteiger partial charge in [0.25, 0.3) is 0 Å². The lowest BCUT2D eigenvalue weighted by molar-refractivity contribution is 0.126. The molecule has 0 saturated heterocycles. The van der Waals surface area contributed by atoms with Crippen LogP contribution in [0.4, 0.5) is 5.82 Å². The van der Waals surface area contributed by atoms with Gasteiger partial charge in [0.15, 0.2) is 0 Å². The molecule has 82 valence electrons. The Morgan fingerprint density at radius 1 is 1.33 bits per heavy atom. The molecule has 0 unspecified atom stereocenters. The summed E-state index contributed by atoms with van der Waals surface area (Å²) in [5.74, 6) is 0.908. The Labute approximate surface area is 98.0 Å². The first-order chi connectivity index (χ1) is 7.24. The maximum Gasteiger partial charge on any atom is 0.127 e. The molecule has 0 aliphatic heterocycles. The first-order valence-corrected chi connectivity index (χ1v) is 6.09. The highest BCUT2D eigenvalue weighted by Gasteiger charge is 2.19. The highest BCUT2D eigenvalue weighted by atomic mass is 79.9. The lowest BCUT2D eigenvalue weighted by atomic mass is 9.93. The second-order valence-electron chi connectivity index (χ2n) is 4.01. The maximum absolute atomic E-state index is 9.39. The standard InChI is InChI=1S/C11H15BrN2O/c12-8-5-6-13-11(7-8)14-9-1-3-10(15)4-2-9/h5-7,9-10,15H,1-4H2,(H,13,14). The highest BCUT2D eigenvalue weighted by molar-refractivity contribution is 9.10. The van der Waals surface area contributed by atoms with Crippen molar-refractivity contribution < 1.29 is 5.11 Å². The van der Waals surface area contributed by atoms with Crippen LogP contribution in [0.15, 0.2) is 22.8 Å². The smallest absolute Gasteiger partial charge is 0.127 e. The molecule has 3 nitrogen and oxygen atoms in total. The summed E-state index contributed by atoms with van der Waals surface area (Å²) in [5.41, 5.74) is 0. The van der Waals surface area contributed by atoms with Gasteiger partial charge >= 0.3 is 0 Å². The van der Waals surface area contributed by atoms with Crippen molar-refractivity contribution in [1.29, 1.82) is 0 Å². The van der Waals surface area contributed by atoms with E-state index in [2.05, 4.69) is 26.2 Å². The average Bonchev–Trinajstić information content (AvgIpc) is 2.22. The van der Waals surface area contributed by atoms with Crippen molar-refractivity contribution >= 4 is 21.7 Å². The van der Waals surface area contributed by atoms with Gasteiger partial charge in [0, 0.05) is 16.7 Å². The SMILES string of the molecule is OC1CCC(Nc2cc(Br)ccn2)CC1. The number of nitrogens with zero attached hydrogens (tertiary/aromatic N) is 1. The van der Waals surface area contributed by atoms with Gasteiger partial charge < -0.3 is 10.4 Å². The van der Waals surface area contributed by atoms with Gasteiger partial charge in [-0.05, 0) is 37.8 Å². The number of nitrogens with one attached hydrogen (secondary N) is 1. The Morgan fingerprint density at radius 3 is 2.73 bits per heavy atom. The fraction of sp³-hybridized carbons (Fsp3) is 0.545. The third-order valence-electron chi connectivity index (χ3n) is 2.77. The first kappa shape index (κ1) is 10.9. The van der Waals surface area contributed by atoms with E-state index in [1.165, 1.54) is 0 Å². The molecule has 0 amide bonds. The third-order valence-corrected chi connectivity index (χ3v) is 3.26. The van der Waals surface area contributed by atoms with Crippen LogP contribution in [0, 0.1) is 0 Å². The maximum atomic E-state index is 9.39. The van der Waals surface area contributed by atoms with Crippen LogP contribution in [0.25, 0.3) is 0 Å². The van der Waals surface area contributed by atoms with Crippen molar-refractivity contribution in [2.45, 2.75) is 37.8 Å². The van der Waals surface area contributed by atoms with E-state index in [9.17, 15) is 5.11 Å². The summed E-state index contributed by atoms with van der Waals surface area (Å²) in [5, 5.41) is 12.8. The van der Waals surface area contributed by atoms with Crippen molar-refractivity contribution in [2.24, 2.45) is 0 Å². The molecule has 0 spiro atoms. The van der Waals surface area contributed by atoms with Crippen molar-refractivity contribution in [3.63, 3.8) is 0 Å². The van der Waals surface area contributed by atoms with E-state index in [-0.39, 0.29) is 6.10 Å². The van der Waals surface area contributed by atoms with E-state index < -0.39 is 0 Å². The number of halogens is 1. The monoisotopic (exact) mass is 270 g/mol. The van der Waals surface area contributed by atoms with Gasteiger partial charge in [0.05, 0.1) is 6.10 Å². The fourth-order valence-electron chi connectivity index (χ4n) is 1.91. The minimum Gasteiger partial charge on any atom is -0.393 e. The van der Waals surface area contributed by atoms with Crippen molar-refractivity contribution in [3.8, 4) is 0 Å². The number of pyridine rings is 1. The first-order valence-electron chi connectivity index (χ1n) is 5.30. The number of hydrogen-bond donors (Lipinski definition) is 2. The van der Waals surface area contributed by atoms with E-state index in [0.29, 0.717) is 6.04 Å². The molecule has 0 aromatic carbocycles. The van der Waals surface area contributed by atoms with Crippen LogP contribution in [0.3, 0.4) is 0 Å². The Morgan fingerprint density at radius 2 is 2.07 bits per heavy atom. The largest absolute Gasteiger partial charge is 0.393 e. The Kier molecular flexibility index (Phi) is 3.59. The zero-order chi connectivity index (χ0) is 10.7. The van der Waals surface area contributed by atoms with Crippen LogP contribution in [0.1, 0.15) is 25.7 Å². The molecule has 2 N–H and O–H groups in total. The third kappa shape index (κ3) is 3.18. The van der Waals surface area contributed by atoms with E-state index in [1.54, 1.807) is 6.20 Å². The highest BCUT2D eigenvalue weighted by Crippen LogP contribution is 2.22. The van der Waals surface area contributed by atoms with E-state index in [1.807, 2.05) is 12.1 Å². The van der Waals surface area contributed by atoms with E-state index >= 15 is 0 Å². The average molecular weight is 271 g/mol. The molecule has 1 saturated carbocycles. The topological polar surface area (TPSA) is 45.1 Å². The van der Waals surface area contributed by atoms with Crippen molar-refractivity contribution in [2.75, 3.05) is 5.32 Å². The zero-order valence-electron chi connectivity index (χ0n) is 8.49. The van der Waals surface area contributed by atoms with Crippen molar-refractivity contribution in [1.82, 2.24) is 4.98 Å². The molecule has 2 rings (SSSR count). The molecular formula is C11H15BrN2O.